The summed E-state index contributed by atoms with van der Waals surface area (Å²) in [6.07, 6.45) is 8.00. The van der Waals surface area contributed by atoms with E-state index in [0.29, 0.717) is 5.46 Å². The first-order chi connectivity index (χ1) is 10.7. The topological polar surface area (TPSA) is 27.7 Å². The van der Waals surface area contributed by atoms with Gasteiger partial charge >= 0.3 is 7.12 Å². The monoisotopic (exact) mass is 326 g/mol. The maximum atomic E-state index is 13.7. The molecule has 1 aromatic carbocycles. The molecule has 2 rings (SSSR count). The van der Waals surface area contributed by atoms with Crippen molar-refractivity contribution >= 4 is 12.6 Å². The molecule has 0 aromatic heterocycles. The van der Waals surface area contributed by atoms with Gasteiger partial charge in [-0.05, 0) is 45.3 Å². The SMILES string of the molecule is C#C.CC.COc1c(F)cc(B2OC(C)(C)C(C)(C)O2)cc1F. The summed E-state index contributed by atoms with van der Waals surface area (Å²) < 4.78 is 43.5. The summed E-state index contributed by atoms with van der Waals surface area (Å²) in [5.41, 5.74) is -0.802. The molecule has 1 saturated heterocycles. The molecule has 1 aliphatic rings. The molecule has 3 nitrogen and oxygen atoms in total. The molecule has 0 radical (unpaired) electrons. The summed E-state index contributed by atoms with van der Waals surface area (Å²) in [7, 11) is 0.426. The van der Waals surface area contributed by atoms with Crippen LogP contribution in [0.3, 0.4) is 0 Å². The van der Waals surface area contributed by atoms with E-state index in [1.165, 1.54) is 19.2 Å². The second-order valence-electron chi connectivity index (χ2n) is 5.61. The maximum absolute atomic E-state index is 13.7. The van der Waals surface area contributed by atoms with Crippen LogP contribution in [-0.2, 0) is 9.31 Å². The second kappa shape index (κ2) is 8.33. The van der Waals surface area contributed by atoms with Gasteiger partial charge in [-0.25, -0.2) is 8.78 Å². The van der Waals surface area contributed by atoms with E-state index < -0.39 is 35.7 Å². The number of hydrogen-bond acceptors (Lipinski definition) is 3. The third-order valence-electron chi connectivity index (χ3n) is 3.75. The lowest BCUT2D eigenvalue weighted by molar-refractivity contribution is 0.00578. The quantitative estimate of drug-likeness (QED) is 0.614. The molecule has 23 heavy (non-hydrogen) atoms. The van der Waals surface area contributed by atoms with Crippen molar-refractivity contribution in [1.82, 2.24) is 0 Å². The van der Waals surface area contributed by atoms with Crippen LogP contribution in [0.5, 0.6) is 5.75 Å². The van der Waals surface area contributed by atoms with Gasteiger partial charge in [-0.1, -0.05) is 13.8 Å². The highest BCUT2D eigenvalue weighted by Crippen LogP contribution is 2.36. The van der Waals surface area contributed by atoms with E-state index in [-0.39, 0.29) is 0 Å². The average Bonchev–Trinajstić information content (AvgIpc) is 2.71. The van der Waals surface area contributed by atoms with Gasteiger partial charge in [0, 0.05) is 0 Å². The normalized spacial score (nSPS) is 17.4. The largest absolute Gasteiger partial charge is 0.495 e. The lowest BCUT2D eigenvalue weighted by atomic mass is 9.79. The molecule has 0 saturated carbocycles. The summed E-state index contributed by atoms with van der Waals surface area (Å²) >= 11 is 0. The standard InChI is InChI=1S/C13H17BF2O3.C2H6.C2H2/c1-12(2)13(3,4)19-14(18-12)8-6-9(15)11(17-5)10(16)7-8;2*1-2/h6-7H,1-5H3;1-2H3;1-2H. The Hall–Kier alpha value is -1.58. The van der Waals surface area contributed by atoms with Crippen LogP contribution < -0.4 is 10.2 Å². The smallest absolute Gasteiger partial charge is 0.491 e. The minimum atomic E-state index is -0.792. The molecule has 0 unspecified atom stereocenters. The Bertz CT molecular complexity index is 503. The number of halogens is 2. The third-order valence-corrected chi connectivity index (χ3v) is 3.75. The Kier molecular flexibility index (Phi) is 7.76. The highest BCUT2D eigenvalue weighted by molar-refractivity contribution is 6.62. The first-order valence-electron chi connectivity index (χ1n) is 7.40. The molecule has 0 aliphatic carbocycles. The molecule has 128 valence electrons. The number of methoxy groups -OCH3 is 1. The van der Waals surface area contributed by atoms with Crippen molar-refractivity contribution in [1.29, 1.82) is 0 Å². The molecule has 6 heteroatoms. The lowest BCUT2D eigenvalue weighted by Gasteiger charge is -2.32. The zero-order chi connectivity index (χ0) is 18.4. The molecular formula is C17H25BF2O3. The Morgan fingerprint density at radius 3 is 1.61 bits per heavy atom. The van der Waals surface area contributed by atoms with Gasteiger partial charge in [0.05, 0.1) is 18.3 Å². The molecule has 1 fully saturated rings. The van der Waals surface area contributed by atoms with Gasteiger partial charge in [-0.15, -0.1) is 12.8 Å². The molecule has 0 spiro atoms. The highest BCUT2D eigenvalue weighted by Gasteiger charge is 2.52. The predicted molar refractivity (Wildman–Crippen MR) is 89.9 cm³/mol. The van der Waals surface area contributed by atoms with Crippen molar-refractivity contribution in [3.8, 4) is 18.6 Å². The van der Waals surface area contributed by atoms with Gasteiger partial charge in [0.15, 0.2) is 17.4 Å². The molecule has 1 aromatic rings. The second-order valence-corrected chi connectivity index (χ2v) is 5.61. The van der Waals surface area contributed by atoms with Crippen LogP contribution >= 0.6 is 0 Å². The highest BCUT2D eigenvalue weighted by atomic mass is 19.1. The molecule has 0 bridgehead atoms. The van der Waals surface area contributed by atoms with Gasteiger partial charge in [0.2, 0.25) is 0 Å². The minimum Gasteiger partial charge on any atom is -0.491 e. The number of rotatable bonds is 2. The van der Waals surface area contributed by atoms with Crippen LogP contribution in [0.25, 0.3) is 0 Å². The molecule has 0 atom stereocenters. The molecule has 0 amide bonds. The van der Waals surface area contributed by atoms with Crippen LogP contribution in [-0.4, -0.2) is 25.4 Å². The fraction of sp³-hybridized carbons (Fsp3) is 0.529. The van der Waals surface area contributed by atoms with Crippen molar-refractivity contribution in [2.24, 2.45) is 0 Å². The minimum absolute atomic E-state index is 0.300. The Balaban J connectivity index is 0.00000112. The summed E-state index contributed by atoms with van der Waals surface area (Å²) in [5, 5.41) is 0. The van der Waals surface area contributed by atoms with Crippen molar-refractivity contribution < 1.29 is 22.8 Å². The summed E-state index contributed by atoms with van der Waals surface area (Å²) in [5.74, 6) is -1.94. The van der Waals surface area contributed by atoms with Crippen LogP contribution in [0.4, 0.5) is 8.78 Å². The molecule has 0 N–H and O–H groups in total. The van der Waals surface area contributed by atoms with E-state index in [9.17, 15) is 8.78 Å². The Morgan fingerprint density at radius 2 is 1.30 bits per heavy atom. The first kappa shape index (κ1) is 21.4. The predicted octanol–water partition coefficient (Wildman–Crippen LogP) is 3.55. The van der Waals surface area contributed by atoms with Gasteiger partial charge in [0.1, 0.15) is 0 Å². The van der Waals surface area contributed by atoms with Gasteiger partial charge in [-0.2, -0.15) is 0 Å². The van der Waals surface area contributed by atoms with E-state index in [1.54, 1.807) is 0 Å². The molecule has 1 aliphatic heterocycles. The van der Waals surface area contributed by atoms with Crippen LogP contribution in [0.1, 0.15) is 41.5 Å². The fourth-order valence-corrected chi connectivity index (χ4v) is 1.89. The van der Waals surface area contributed by atoms with Crippen LogP contribution in [0.15, 0.2) is 12.1 Å². The van der Waals surface area contributed by atoms with Gasteiger partial charge in [-0.3, -0.25) is 0 Å². The lowest BCUT2D eigenvalue weighted by Crippen LogP contribution is -2.41. The van der Waals surface area contributed by atoms with Gasteiger partial charge < -0.3 is 14.0 Å². The maximum Gasteiger partial charge on any atom is 0.495 e. The summed E-state index contributed by atoms with van der Waals surface area (Å²) in [6.45, 7) is 11.5. The van der Waals surface area contributed by atoms with Gasteiger partial charge in [0.25, 0.3) is 0 Å². The van der Waals surface area contributed by atoms with E-state index in [0.717, 1.165) is 0 Å². The number of hydrogen-bond donors (Lipinski definition) is 0. The van der Waals surface area contributed by atoms with E-state index in [2.05, 4.69) is 17.6 Å². The van der Waals surface area contributed by atoms with Crippen LogP contribution in [0, 0.1) is 24.5 Å². The summed E-state index contributed by atoms with van der Waals surface area (Å²) in [4.78, 5) is 0. The number of ether oxygens (including phenoxy) is 1. The fourth-order valence-electron chi connectivity index (χ4n) is 1.89. The Labute approximate surface area is 138 Å². The zero-order valence-corrected chi connectivity index (χ0v) is 14.9. The molecular weight excluding hydrogens is 301 g/mol. The van der Waals surface area contributed by atoms with Crippen molar-refractivity contribution in [3.05, 3.63) is 23.8 Å². The van der Waals surface area contributed by atoms with Crippen molar-refractivity contribution in [3.63, 3.8) is 0 Å². The number of terminal acetylenes is 1. The molecule has 1 heterocycles. The van der Waals surface area contributed by atoms with E-state index >= 15 is 0 Å². The summed E-state index contributed by atoms with van der Waals surface area (Å²) in [6, 6.07) is 2.34. The zero-order valence-electron chi connectivity index (χ0n) is 14.9. The van der Waals surface area contributed by atoms with Crippen molar-refractivity contribution in [2.75, 3.05) is 7.11 Å². The first-order valence-corrected chi connectivity index (χ1v) is 7.40. The third kappa shape index (κ3) is 4.46. The average molecular weight is 326 g/mol. The van der Waals surface area contributed by atoms with Crippen molar-refractivity contribution in [2.45, 2.75) is 52.7 Å². The number of benzene rings is 1. The Morgan fingerprint density at radius 1 is 0.957 bits per heavy atom. The van der Waals surface area contributed by atoms with Crippen LogP contribution in [0.2, 0.25) is 0 Å². The van der Waals surface area contributed by atoms with E-state index in [4.69, 9.17) is 9.31 Å². The van der Waals surface area contributed by atoms with E-state index in [1.807, 2.05) is 41.5 Å².